The topological polar surface area (TPSA) is 68.0 Å². The summed E-state index contributed by atoms with van der Waals surface area (Å²) in [5.74, 6) is -6.01. The molecular formula is C6H7F2N3O2. The van der Waals surface area contributed by atoms with Crippen molar-refractivity contribution in [3.63, 3.8) is 0 Å². The van der Waals surface area contributed by atoms with Crippen LogP contribution in [0, 0.1) is 0 Å². The number of rotatable bonds is 3. The van der Waals surface area contributed by atoms with Crippen molar-refractivity contribution in [2.24, 2.45) is 7.05 Å². The second-order valence-electron chi connectivity index (χ2n) is 2.49. The molecule has 0 aliphatic carbocycles. The van der Waals surface area contributed by atoms with Crippen LogP contribution >= 0.6 is 0 Å². The van der Waals surface area contributed by atoms with Crippen LogP contribution in [0.15, 0.2) is 6.33 Å². The van der Waals surface area contributed by atoms with Crippen molar-refractivity contribution in [1.82, 2.24) is 14.8 Å². The highest BCUT2D eigenvalue weighted by molar-refractivity contribution is 5.75. The molecule has 1 heterocycles. The number of carbonyl (C=O) groups is 1. The number of hydrogen-bond donors (Lipinski definition) is 1. The van der Waals surface area contributed by atoms with Gasteiger partial charge in [0.15, 0.2) is 0 Å². The molecule has 0 bridgehead atoms. The van der Waals surface area contributed by atoms with Crippen molar-refractivity contribution in [2.45, 2.75) is 12.3 Å². The smallest absolute Gasteiger partial charge is 0.375 e. The fourth-order valence-electron chi connectivity index (χ4n) is 0.754. The van der Waals surface area contributed by atoms with Gasteiger partial charge in [0.05, 0.1) is 6.42 Å². The first-order chi connectivity index (χ1) is 5.93. The van der Waals surface area contributed by atoms with Crippen molar-refractivity contribution in [3.8, 4) is 0 Å². The molecule has 0 saturated carbocycles. The van der Waals surface area contributed by atoms with E-state index in [2.05, 4.69) is 10.1 Å². The first-order valence-corrected chi connectivity index (χ1v) is 3.37. The van der Waals surface area contributed by atoms with Gasteiger partial charge in [0.1, 0.15) is 12.2 Å². The van der Waals surface area contributed by atoms with E-state index in [1.807, 2.05) is 0 Å². The van der Waals surface area contributed by atoms with Gasteiger partial charge in [-0.25, -0.2) is 9.78 Å². The number of aliphatic carboxylic acids is 1. The van der Waals surface area contributed by atoms with Crippen LogP contribution in [0.2, 0.25) is 0 Å². The average Bonchev–Trinajstić information content (AvgIpc) is 2.35. The van der Waals surface area contributed by atoms with Crippen LogP contribution in [0.25, 0.3) is 0 Å². The Hall–Kier alpha value is -1.53. The summed E-state index contributed by atoms with van der Waals surface area (Å²) >= 11 is 0. The van der Waals surface area contributed by atoms with Crippen molar-refractivity contribution < 1.29 is 18.7 Å². The van der Waals surface area contributed by atoms with Gasteiger partial charge in [0.2, 0.25) is 0 Å². The fraction of sp³-hybridized carbons (Fsp3) is 0.500. The van der Waals surface area contributed by atoms with Gasteiger partial charge < -0.3 is 5.11 Å². The third kappa shape index (κ3) is 1.98. The van der Waals surface area contributed by atoms with Gasteiger partial charge in [-0.3, -0.25) is 4.68 Å². The minimum Gasteiger partial charge on any atom is -0.477 e. The lowest BCUT2D eigenvalue weighted by Crippen LogP contribution is -2.31. The number of carboxylic acid groups (broad SMARTS) is 1. The van der Waals surface area contributed by atoms with Crippen molar-refractivity contribution >= 4 is 5.97 Å². The predicted octanol–water partition coefficient (Wildman–Crippen LogP) is 0.0775. The quantitative estimate of drug-likeness (QED) is 0.734. The molecule has 0 unspecified atom stereocenters. The van der Waals surface area contributed by atoms with Gasteiger partial charge in [-0.15, -0.1) is 0 Å². The Morgan fingerprint density at radius 2 is 2.38 bits per heavy atom. The van der Waals surface area contributed by atoms with E-state index in [1.165, 1.54) is 7.05 Å². The standard InChI is InChI=1S/C6H7F2N3O2/c1-11-4(9-3-10-11)2-6(7,8)5(12)13/h3H,2H2,1H3,(H,12,13). The van der Waals surface area contributed by atoms with Crippen LogP contribution in [-0.4, -0.2) is 31.8 Å². The minimum absolute atomic E-state index is 0.0626. The van der Waals surface area contributed by atoms with E-state index in [4.69, 9.17) is 5.11 Å². The number of nitrogens with zero attached hydrogens (tertiary/aromatic N) is 3. The van der Waals surface area contributed by atoms with Gasteiger partial charge in [-0.2, -0.15) is 13.9 Å². The number of halogens is 2. The molecule has 0 fully saturated rings. The Bertz CT molecular complexity index is 323. The second kappa shape index (κ2) is 3.08. The summed E-state index contributed by atoms with van der Waals surface area (Å²) in [6, 6.07) is 0. The van der Waals surface area contributed by atoms with Crippen LogP contribution < -0.4 is 0 Å². The SMILES string of the molecule is Cn1ncnc1CC(F)(F)C(=O)O. The average molecular weight is 191 g/mol. The van der Waals surface area contributed by atoms with E-state index in [9.17, 15) is 13.6 Å². The van der Waals surface area contributed by atoms with Crippen LogP contribution in [0.3, 0.4) is 0 Å². The summed E-state index contributed by atoms with van der Waals surface area (Å²) < 4.78 is 26.3. The Labute approximate surface area is 72.0 Å². The van der Waals surface area contributed by atoms with Crippen molar-refractivity contribution in [3.05, 3.63) is 12.2 Å². The van der Waals surface area contributed by atoms with E-state index in [-0.39, 0.29) is 5.82 Å². The molecule has 0 spiro atoms. The molecule has 7 heteroatoms. The van der Waals surface area contributed by atoms with Gasteiger partial charge in [0.25, 0.3) is 0 Å². The van der Waals surface area contributed by atoms with E-state index < -0.39 is 18.3 Å². The predicted molar refractivity (Wildman–Crippen MR) is 37.3 cm³/mol. The summed E-state index contributed by atoms with van der Waals surface area (Å²) in [5, 5.41) is 11.7. The number of alkyl halides is 2. The number of carboxylic acids is 1. The summed E-state index contributed by atoms with van der Waals surface area (Å²) in [6.45, 7) is 0. The van der Waals surface area contributed by atoms with Crippen LogP contribution in [0.4, 0.5) is 8.78 Å². The van der Waals surface area contributed by atoms with Gasteiger partial charge >= 0.3 is 11.9 Å². The van der Waals surface area contributed by atoms with Crippen molar-refractivity contribution in [2.75, 3.05) is 0 Å². The molecule has 5 nitrogen and oxygen atoms in total. The summed E-state index contributed by atoms with van der Waals surface area (Å²) in [4.78, 5) is 13.5. The molecule has 0 saturated heterocycles. The molecule has 0 aliphatic heterocycles. The zero-order chi connectivity index (χ0) is 10.1. The monoisotopic (exact) mass is 191 g/mol. The molecular weight excluding hydrogens is 184 g/mol. The lowest BCUT2D eigenvalue weighted by atomic mass is 10.2. The highest BCUT2D eigenvalue weighted by Crippen LogP contribution is 2.18. The lowest BCUT2D eigenvalue weighted by molar-refractivity contribution is -0.164. The molecule has 0 atom stereocenters. The Kier molecular flexibility index (Phi) is 2.26. The summed E-state index contributed by atoms with van der Waals surface area (Å²) in [7, 11) is 1.42. The maximum absolute atomic E-state index is 12.6. The molecule has 0 aromatic carbocycles. The van der Waals surface area contributed by atoms with Crippen LogP contribution in [0.5, 0.6) is 0 Å². The molecule has 13 heavy (non-hydrogen) atoms. The van der Waals surface area contributed by atoms with Crippen LogP contribution in [-0.2, 0) is 18.3 Å². The van der Waals surface area contributed by atoms with E-state index in [0.29, 0.717) is 0 Å². The van der Waals surface area contributed by atoms with E-state index in [1.54, 1.807) is 0 Å². The third-order valence-electron chi connectivity index (χ3n) is 1.50. The maximum Gasteiger partial charge on any atom is 0.375 e. The molecule has 0 aliphatic rings. The third-order valence-corrected chi connectivity index (χ3v) is 1.50. The fourth-order valence-corrected chi connectivity index (χ4v) is 0.754. The Morgan fingerprint density at radius 1 is 1.77 bits per heavy atom. The number of aryl methyl sites for hydroxylation is 1. The normalized spacial score (nSPS) is 11.6. The summed E-state index contributed by atoms with van der Waals surface area (Å²) in [6.07, 6.45) is 0.145. The molecule has 1 N–H and O–H groups in total. The second-order valence-corrected chi connectivity index (χ2v) is 2.49. The van der Waals surface area contributed by atoms with Gasteiger partial charge in [-0.05, 0) is 0 Å². The molecule has 0 radical (unpaired) electrons. The molecule has 0 amide bonds. The zero-order valence-electron chi connectivity index (χ0n) is 6.74. The Morgan fingerprint density at radius 3 is 2.77 bits per heavy atom. The number of hydrogen-bond acceptors (Lipinski definition) is 3. The highest BCUT2D eigenvalue weighted by atomic mass is 19.3. The van der Waals surface area contributed by atoms with E-state index in [0.717, 1.165) is 11.0 Å². The largest absolute Gasteiger partial charge is 0.477 e. The summed E-state index contributed by atoms with van der Waals surface area (Å²) in [5.41, 5.74) is 0. The molecule has 1 aromatic heterocycles. The minimum atomic E-state index is -3.79. The lowest BCUT2D eigenvalue weighted by Gasteiger charge is -2.09. The molecule has 1 rings (SSSR count). The van der Waals surface area contributed by atoms with Crippen LogP contribution in [0.1, 0.15) is 5.82 Å². The maximum atomic E-state index is 12.6. The molecule has 1 aromatic rings. The first kappa shape index (κ1) is 9.56. The van der Waals surface area contributed by atoms with Crippen molar-refractivity contribution in [1.29, 1.82) is 0 Å². The number of aromatic nitrogens is 3. The molecule has 72 valence electrons. The zero-order valence-corrected chi connectivity index (χ0v) is 6.74. The van der Waals surface area contributed by atoms with E-state index >= 15 is 0 Å². The first-order valence-electron chi connectivity index (χ1n) is 3.37. The van der Waals surface area contributed by atoms with Gasteiger partial charge in [-0.1, -0.05) is 0 Å². The van der Waals surface area contributed by atoms with Gasteiger partial charge in [0, 0.05) is 7.05 Å². The highest BCUT2D eigenvalue weighted by Gasteiger charge is 2.40. The Balaban J connectivity index is 2.80.